The van der Waals surface area contributed by atoms with Crippen molar-refractivity contribution >= 4 is 28.3 Å². The first kappa shape index (κ1) is 20.2. The second-order valence-corrected chi connectivity index (χ2v) is 8.24. The molecule has 1 fully saturated rings. The molecule has 0 saturated heterocycles. The molecule has 0 radical (unpaired) electrons. The molecule has 1 amide bonds. The summed E-state index contributed by atoms with van der Waals surface area (Å²) in [6.45, 7) is 4.52. The lowest BCUT2D eigenvalue weighted by Gasteiger charge is -2.34. The van der Waals surface area contributed by atoms with Gasteiger partial charge in [0.25, 0.3) is 5.91 Å². The second kappa shape index (κ2) is 8.74. The highest BCUT2D eigenvalue weighted by Gasteiger charge is 2.29. The predicted molar refractivity (Wildman–Crippen MR) is 121 cm³/mol. The van der Waals surface area contributed by atoms with Crippen molar-refractivity contribution in [1.29, 1.82) is 0 Å². The van der Waals surface area contributed by atoms with E-state index in [1.54, 1.807) is 7.11 Å². The number of anilines is 2. The SMILES string of the molecule is COc1ccccc1Nc1cc(C(=O)N[C@@H]2CCC[C@H](C)[C@@H]2C)c2ccccc2n1. The number of aromatic nitrogens is 1. The van der Waals surface area contributed by atoms with Crippen molar-refractivity contribution in [1.82, 2.24) is 10.3 Å². The number of hydrogen-bond acceptors (Lipinski definition) is 4. The Labute approximate surface area is 177 Å². The van der Waals surface area contributed by atoms with Crippen molar-refractivity contribution < 1.29 is 9.53 Å². The summed E-state index contributed by atoms with van der Waals surface area (Å²) < 4.78 is 5.44. The fraction of sp³-hybridized carbons (Fsp3) is 0.360. The molecule has 5 heteroatoms. The van der Waals surface area contributed by atoms with Gasteiger partial charge in [-0.15, -0.1) is 0 Å². The first-order valence-electron chi connectivity index (χ1n) is 10.7. The summed E-state index contributed by atoms with van der Waals surface area (Å²) in [7, 11) is 1.64. The number of fused-ring (bicyclic) bond motifs is 1. The van der Waals surface area contributed by atoms with Gasteiger partial charge in [0.05, 0.1) is 23.9 Å². The van der Waals surface area contributed by atoms with Crippen molar-refractivity contribution in [3.8, 4) is 5.75 Å². The lowest BCUT2D eigenvalue weighted by Crippen LogP contribution is -2.43. The van der Waals surface area contributed by atoms with Crippen LogP contribution in [0.5, 0.6) is 5.75 Å². The summed E-state index contributed by atoms with van der Waals surface area (Å²) in [5.41, 5.74) is 2.24. The Morgan fingerprint density at radius 2 is 1.83 bits per heavy atom. The van der Waals surface area contributed by atoms with Crippen molar-refractivity contribution in [2.24, 2.45) is 11.8 Å². The number of nitrogens with zero attached hydrogens (tertiary/aromatic N) is 1. The van der Waals surface area contributed by atoms with Gasteiger partial charge in [-0.3, -0.25) is 4.79 Å². The van der Waals surface area contributed by atoms with Gasteiger partial charge >= 0.3 is 0 Å². The van der Waals surface area contributed by atoms with Gasteiger partial charge in [-0.1, -0.05) is 57.0 Å². The molecule has 1 saturated carbocycles. The molecule has 30 heavy (non-hydrogen) atoms. The summed E-state index contributed by atoms with van der Waals surface area (Å²) in [4.78, 5) is 18.0. The molecule has 5 nitrogen and oxygen atoms in total. The third-order valence-corrected chi connectivity index (χ3v) is 6.35. The van der Waals surface area contributed by atoms with Gasteiger partial charge in [-0.2, -0.15) is 0 Å². The minimum absolute atomic E-state index is 0.0392. The van der Waals surface area contributed by atoms with Crippen LogP contribution in [0.25, 0.3) is 10.9 Å². The highest BCUT2D eigenvalue weighted by atomic mass is 16.5. The number of hydrogen-bond donors (Lipinski definition) is 2. The Hall–Kier alpha value is -3.08. The average molecular weight is 404 g/mol. The van der Waals surface area contributed by atoms with E-state index in [2.05, 4.69) is 24.5 Å². The predicted octanol–water partition coefficient (Wildman–Crippen LogP) is 5.54. The van der Waals surface area contributed by atoms with E-state index < -0.39 is 0 Å². The number of pyridine rings is 1. The van der Waals surface area contributed by atoms with Crippen LogP contribution in [0.1, 0.15) is 43.5 Å². The first-order chi connectivity index (χ1) is 14.6. The standard InChI is InChI=1S/C25H29N3O2/c1-16-9-8-13-20(17(16)2)28-25(29)19-15-24(26-21-11-5-4-10-18(19)21)27-22-12-6-7-14-23(22)30-3/h4-7,10-12,14-17,20H,8-9,13H2,1-3H3,(H,26,27)(H,28,29)/t16-,17-,20+/m0/s1. The summed E-state index contributed by atoms with van der Waals surface area (Å²) >= 11 is 0. The number of methoxy groups -OCH3 is 1. The van der Waals surface area contributed by atoms with Crippen LogP contribution in [0, 0.1) is 11.8 Å². The molecule has 0 bridgehead atoms. The topological polar surface area (TPSA) is 63.2 Å². The summed E-state index contributed by atoms with van der Waals surface area (Å²) in [6, 6.07) is 17.5. The third-order valence-electron chi connectivity index (χ3n) is 6.35. The van der Waals surface area contributed by atoms with Gasteiger partial charge in [-0.05, 0) is 42.5 Å². The number of carbonyl (C=O) groups is 1. The Kier molecular flexibility index (Phi) is 5.88. The van der Waals surface area contributed by atoms with Crippen LogP contribution < -0.4 is 15.4 Å². The van der Waals surface area contributed by atoms with E-state index >= 15 is 0 Å². The highest BCUT2D eigenvalue weighted by Crippen LogP contribution is 2.31. The molecular weight excluding hydrogens is 374 g/mol. The van der Waals surface area contributed by atoms with Crippen molar-refractivity contribution in [3.05, 3.63) is 60.2 Å². The van der Waals surface area contributed by atoms with E-state index in [0.29, 0.717) is 23.2 Å². The van der Waals surface area contributed by atoms with Gasteiger partial charge in [0.15, 0.2) is 0 Å². The molecule has 3 aromatic rings. The summed E-state index contributed by atoms with van der Waals surface area (Å²) in [5.74, 6) is 2.41. The van der Waals surface area contributed by atoms with Crippen molar-refractivity contribution in [2.75, 3.05) is 12.4 Å². The van der Waals surface area contributed by atoms with Gasteiger partial charge < -0.3 is 15.4 Å². The quantitative estimate of drug-likeness (QED) is 0.587. The van der Waals surface area contributed by atoms with E-state index in [-0.39, 0.29) is 11.9 Å². The molecule has 1 aliphatic rings. The smallest absolute Gasteiger partial charge is 0.252 e. The maximum atomic E-state index is 13.3. The number of ether oxygens (including phenoxy) is 1. The average Bonchev–Trinajstić information content (AvgIpc) is 2.76. The van der Waals surface area contributed by atoms with Gasteiger partial charge in [0, 0.05) is 11.4 Å². The number of rotatable bonds is 5. The van der Waals surface area contributed by atoms with Gasteiger partial charge in [-0.25, -0.2) is 4.98 Å². The molecule has 0 spiro atoms. The van der Waals surface area contributed by atoms with Crippen LogP contribution in [-0.2, 0) is 0 Å². The summed E-state index contributed by atoms with van der Waals surface area (Å²) in [5, 5.41) is 7.47. The fourth-order valence-electron chi connectivity index (χ4n) is 4.35. The van der Waals surface area contributed by atoms with E-state index in [0.717, 1.165) is 35.2 Å². The molecule has 156 valence electrons. The lowest BCUT2D eigenvalue weighted by atomic mass is 9.78. The summed E-state index contributed by atoms with van der Waals surface area (Å²) in [6.07, 6.45) is 3.43. The zero-order valence-corrected chi connectivity index (χ0v) is 17.8. The molecule has 0 unspecified atom stereocenters. The number of benzene rings is 2. The number of para-hydroxylation sites is 3. The molecule has 2 aromatic carbocycles. The van der Waals surface area contributed by atoms with Crippen LogP contribution in [0.3, 0.4) is 0 Å². The fourth-order valence-corrected chi connectivity index (χ4v) is 4.35. The Bertz CT molecular complexity index is 1050. The first-order valence-corrected chi connectivity index (χ1v) is 10.7. The molecule has 4 rings (SSSR count). The lowest BCUT2D eigenvalue weighted by molar-refractivity contribution is 0.0892. The monoisotopic (exact) mass is 403 g/mol. The van der Waals surface area contributed by atoms with Crippen LogP contribution in [0.4, 0.5) is 11.5 Å². The Balaban J connectivity index is 1.67. The molecule has 0 aliphatic heterocycles. The van der Waals surface area contributed by atoms with Crippen molar-refractivity contribution in [2.45, 2.75) is 39.2 Å². The van der Waals surface area contributed by atoms with Crippen LogP contribution >= 0.6 is 0 Å². The number of amides is 1. The maximum Gasteiger partial charge on any atom is 0.252 e. The molecular formula is C25H29N3O2. The van der Waals surface area contributed by atoms with Crippen LogP contribution in [0.15, 0.2) is 54.6 Å². The Morgan fingerprint density at radius 1 is 1.07 bits per heavy atom. The number of carbonyl (C=O) groups excluding carboxylic acids is 1. The number of nitrogens with one attached hydrogen (secondary N) is 2. The van der Waals surface area contributed by atoms with Gasteiger partial charge in [0.1, 0.15) is 11.6 Å². The van der Waals surface area contributed by atoms with E-state index in [9.17, 15) is 4.79 Å². The highest BCUT2D eigenvalue weighted by molar-refractivity contribution is 6.07. The van der Waals surface area contributed by atoms with Gasteiger partial charge in [0.2, 0.25) is 0 Å². The molecule has 1 heterocycles. The Morgan fingerprint density at radius 3 is 2.67 bits per heavy atom. The zero-order chi connectivity index (χ0) is 21.1. The van der Waals surface area contributed by atoms with E-state index in [4.69, 9.17) is 9.72 Å². The molecule has 1 aliphatic carbocycles. The third kappa shape index (κ3) is 4.11. The van der Waals surface area contributed by atoms with E-state index in [1.165, 1.54) is 6.42 Å². The van der Waals surface area contributed by atoms with Crippen LogP contribution in [-0.4, -0.2) is 24.0 Å². The van der Waals surface area contributed by atoms with Crippen LogP contribution in [0.2, 0.25) is 0 Å². The maximum absolute atomic E-state index is 13.3. The van der Waals surface area contributed by atoms with E-state index in [1.807, 2.05) is 54.6 Å². The minimum atomic E-state index is -0.0392. The minimum Gasteiger partial charge on any atom is -0.495 e. The molecule has 2 N–H and O–H groups in total. The molecule has 3 atom stereocenters. The van der Waals surface area contributed by atoms with Crippen molar-refractivity contribution in [3.63, 3.8) is 0 Å². The zero-order valence-electron chi connectivity index (χ0n) is 17.8. The normalized spacial score (nSPS) is 21.2. The molecule has 1 aromatic heterocycles. The second-order valence-electron chi connectivity index (χ2n) is 8.24. The largest absolute Gasteiger partial charge is 0.495 e.